The van der Waals surface area contributed by atoms with Crippen LogP contribution in [0, 0.1) is 0 Å². The molecule has 212 valence electrons. The van der Waals surface area contributed by atoms with Crippen LogP contribution in [0.5, 0.6) is 11.5 Å². The molecule has 0 aromatic heterocycles. The zero-order valence-corrected chi connectivity index (χ0v) is 25.5. The number of hydrogen-bond acceptors (Lipinski definition) is 1. The molecule has 1 aliphatic carbocycles. The molecule has 7 aromatic carbocycles. The lowest BCUT2D eigenvalue weighted by Gasteiger charge is -2.39. The van der Waals surface area contributed by atoms with Crippen LogP contribution >= 0.6 is 7.92 Å². The first-order valence-corrected chi connectivity index (χ1v) is 16.8. The Labute approximate surface area is 265 Å². The first-order chi connectivity index (χ1) is 22.3. The minimum absolute atomic E-state index is 0.438. The monoisotopic (exact) mass is 592 g/mol. The molecule has 0 bridgehead atoms. The van der Waals surface area contributed by atoms with Crippen molar-refractivity contribution < 1.29 is 4.74 Å². The Morgan fingerprint density at radius 1 is 0.356 bits per heavy atom. The molecule has 0 amide bonds. The van der Waals surface area contributed by atoms with E-state index < -0.39 is 13.3 Å². The molecular formula is C43H29OP. The molecule has 2 aliphatic rings. The lowest BCUT2D eigenvalue weighted by atomic mass is 9.66. The van der Waals surface area contributed by atoms with Crippen molar-refractivity contribution in [2.45, 2.75) is 5.41 Å². The third-order valence-electron chi connectivity index (χ3n) is 9.32. The molecule has 0 fully saturated rings. The molecule has 45 heavy (non-hydrogen) atoms. The van der Waals surface area contributed by atoms with Crippen LogP contribution in [0.4, 0.5) is 0 Å². The summed E-state index contributed by atoms with van der Waals surface area (Å²) in [5.74, 6) is 1.83. The summed E-state index contributed by atoms with van der Waals surface area (Å²) in [5.41, 5.74) is 9.51. The van der Waals surface area contributed by atoms with Crippen LogP contribution in [0.25, 0.3) is 22.3 Å². The predicted molar refractivity (Wildman–Crippen MR) is 188 cm³/mol. The molecule has 0 N–H and O–H groups in total. The summed E-state index contributed by atoms with van der Waals surface area (Å²) in [4.78, 5) is 0. The van der Waals surface area contributed by atoms with Gasteiger partial charge in [-0.1, -0.05) is 158 Å². The molecule has 0 unspecified atom stereocenters. The maximum Gasteiger partial charge on any atom is 0.132 e. The minimum Gasteiger partial charge on any atom is -0.457 e. The van der Waals surface area contributed by atoms with Crippen LogP contribution < -0.4 is 20.7 Å². The lowest BCUT2D eigenvalue weighted by molar-refractivity contribution is 0.436. The van der Waals surface area contributed by atoms with Gasteiger partial charge in [0, 0.05) is 11.1 Å². The van der Waals surface area contributed by atoms with Crippen molar-refractivity contribution >= 4 is 23.8 Å². The van der Waals surface area contributed by atoms with Crippen LogP contribution in [0.15, 0.2) is 176 Å². The van der Waals surface area contributed by atoms with E-state index in [1.165, 1.54) is 54.9 Å². The fourth-order valence-corrected chi connectivity index (χ4v) is 9.80. The first-order valence-electron chi connectivity index (χ1n) is 15.4. The maximum atomic E-state index is 6.78. The van der Waals surface area contributed by atoms with E-state index >= 15 is 0 Å². The fourth-order valence-electron chi connectivity index (χ4n) is 7.47. The van der Waals surface area contributed by atoms with Gasteiger partial charge >= 0.3 is 0 Å². The van der Waals surface area contributed by atoms with E-state index in [-0.39, 0.29) is 0 Å². The van der Waals surface area contributed by atoms with Gasteiger partial charge in [0.25, 0.3) is 0 Å². The number of ether oxygens (including phenoxy) is 1. The summed E-state index contributed by atoms with van der Waals surface area (Å²) >= 11 is 0. The Balaban J connectivity index is 1.22. The van der Waals surface area contributed by atoms with E-state index in [1.54, 1.807) is 0 Å². The van der Waals surface area contributed by atoms with Crippen molar-refractivity contribution in [3.63, 3.8) is 0 Å². The van der Waals surface area contributed by atoms with Gasteiger partial charge in [0.05, 0.1) is 5.41 Å². The van der Waals surface area contributed by atoms with Crippen LogP contribution in [0.2, 0.25) is 0 Å². The van der Waals surface area contributed by atoms with Gasteiger partial charge < -0.3 is 4.74 Å². The van der Waals surface area contributed by atoms with Crippen molar-refractivity contribution in [2.24, 2.45) is 0 Å². The summed E-state index contributed by atoms with van der Waals surface area (Å²) in [7, 11) is -0.698. The fraction of sp³-hybridized carbons (Fsp3) is 0.0233. The van der Waals surface area contributed by atoms with Gasteiger partial charge in [-0.2, -0.15) is 0 Å². The van der Waals surface area contributed by atoms with Crippen LogP contribution in [0.3, 0.4) is 0 Å². The number of para-hydroxylation sites is 1. The second kappa shape index (κ2) is 10.4. The predicted octanol–water partition coefficient (Wildman–Crippen LogP) is 9.58. The molecule has 1 spiro atoms. The minimum atomic E-state index is -0.698. The zero-order valence-electron chi connectivity index (χ0n) is 24.6. The molecule has 0 saturated carbocycles. The van der Waals surface area contributed by atoms with Gasteiger partial charge in [0.15, 0.2) is 0 Å². The smallest absolute Gasteiger partial charge is 0.132 e. The Morgan fingerprint density at radius 3 is 1.53 bits per heavy atom. The van der Waals surface area contributed by atoms with Crippen LogP contribution in [-0.2, 0) is 5.41 Å². The van der Waals surface area contributed by atoms with Gasteiger partial charge in [-0.25, -0.2) is 0 Å². The van der Waals surface area contributed by atoms with Gasteiger partial charge in [-0.3, -0.25) is 0 Å². The highest BCUT2D eigenvalue weighted by Crippen LogP contribution is 2.62. The number of benzene rings is 7. The van der Waals surface area contributed by atoms with E-state index in [0.717, 1.165) is 17.1 Å². The summed E-state index contributed by atoms with van der Waals surface area (Å²) in [6.07, 6.45) is 0. The summed E-state index contributed by atoms with van der Waals surface area (Å²) < 4.78 is 6.78. The molecule has 2 heteroatoms. The van der Waals surface area contributed by atoms with Gasteiger partial charge in [0.1, 0.15) is 11.5 Å². The van der Waals surface area contributed by atoms with Crippen molar-refractivity contribution in [2.75, 3.05) is 0 Å². The molecule has 1 heterocycles. The molecule has 0 atom stereocenters. The third kappa shape index (κ3) is 3.98. The van der Waals surface area contributed by atoms with Crippen molar-refractivity contribution in [1.29, 1.82) is 0 Å². The molecule has 1 aliphatic heterocycles. The molecule has 1 nitrogen and oxygen atoms in total. The second-order valence-electron chi connectivity index (χ2n) is 11.7. The highest BCUT2D eigenvalue weighted by atomic mass is 31.1. The molecule has 7 aromatic rings. The van der Waals surface area contributed by atoms with Crippen LogP contribution in [0.1, 0.15) is 22.3 Å². The topological polar surface area (TPSA) is 9.23 Å². The average Bonchev–Trinajstić information content (AvgIpc) is 3.40. The summed E-state index contributed by atoms with van der Waals surface area (Å²) in [6.45, 7) is 0. The Hall–Kier alpha value is -5.23. The zero-order chi connectivity index (χ0) is 29.8. The Morgan fingerprint density at radius 2 is 0.867 bits per heavy atom. The van der Waals surface area contributed by atoms with Crippen molar-refractivity contribution in [3.05, 3.63) is 198 Å². The SMILES string of the molecule is c1ccc(P(c2ccccc2)c2cccc(-c3ccc4c(c3)Oc3ccccc3C43c4ccccc4-c4ccccc43)c2)cc1. The Kier molecular flexibility index (Phi) is 6.08. The van der Waals surface area contributed by atoms with Gasteiger partial charge in [0.2, 0.25) is 0 Å². The number of rotatable bonds is 4. The van der Waals surface area contributed by atoms with Gasteiger partial charge in [-0.15, -0.1) is 0 Å². The largest absolute Gasteiger partial charge is 0.457 e. The second-order valence-corrected chi connectivity index (χ2v) is 13.9. The highest BCUT2D eigenvalue weighted by Gasteiger charge is 2.50. The van der Waals surface area contributed by atoms with E-state index in [4.69, 9.17) is 4.74 Å². The average molecular weight is 593 g/mol. The standard InChI is InChI=1S/C43H29OP/c1-3-15-32(16-4-1)45(33-17-5-2-6-18-33)34-19-13-14-30(28-34)31-26-27-40-42(29-31)44-41-25-12-11-24-39(41)43(40)37-22-9-7-20-35(37)36-21-8-10-23-38(36)43/h1-29H. The highest BCUT2D eigenvalue weighted by molar-refractivity contribution is 7.79. The van der Waals surface area contributed by atoms with E-state index in [9.17, 15) is 0 Å². The molecular weight excluding hydrogens is 563 g/mol. The maximum absolute atomic E-state index is 6.78. The molecule has 0 saturated heterocycles. The number of fused-ring (bicyclic) bond motifs is 9. The Bertz CT molecular complexity index is 2120. The van der Waals surface area contributed by atoms with E-state index in [2.05, 4.69) is 176 Å². The normalized spacial score (nSPS) is 13.4. The number of hydrogen-bond donors (Lipinski definition) is 0. The van der Waals surface area contributed by atoms with E-state index in [0.29, 0.717) is 0 Å². The van der Waals surface area contributed by atoms with Crippen molar-refractivity contribution in [1.82, 2.24) is 0 Å². The third-order valence-corrected chi connectivity index (χ3v) is 11.7. The summed E-state index contributed by atoms with van der Waals surface area (Å²) in [5, 5.41) is 4.03. The van der Waals surface area contributed by atoms with Crippen molar-refractivity contribution in [3.8, 4) is 33.8 Å². The van der Waals surface area contributed by atoms with Crippen LogP contribution in [-0.4, -0.2) is 0 Å². The molecule has 9 rings (SSSR count). The lowest BCUT2D eigenvalue weighted by Crippen LogP contribution is -2.32. The molecule has 0 radical (unpaired) electrons. The first kappa shape index (κ1) is 26.2. The quantitative estimate of drug-likeness (QED) is 0.185. The van der Waals surface area contributed by atoms with Gasteiger partial charge in [-0.05, 0) is 75.4 Å². The van der Waals surface area contributed by atoms with E-state index in [1.807, 2.05) is 0 Å². The summed E-state index contributed by atoms with van der Waals surface area (Å²) in [6, 6.07) is 64.0.